The van der Waals surface area contributed by atoms with Crippen molar-refractivity contribution in [1.29, 1.82) is 0 Å². The normalized spacial score (nSPS) is 24.3. The van der Waals surface area contributed by atoms with Crippen LogP contribution in [0.2, 0.25) is 0 Å². The molecule has 0 aromatic carbocycles. The molecule has 1 heterocycles. The Morgan fingerprint density at radius 3 is 2.70 bits per heavy atom. The van der Waals surface area contributed by atoms with E-state index in [4.69, 9.17) is 5.11 Å². The van der Waals surface area contributed by atoms with Gasteiger partial charge >= 0.3 is 5.97 Å². The Balaban J connectivity index is 2.53. The van der Waals surface area contributed by atoms with Crippen LogP contribution in [0.4, 0.5) is 0 Å². The van der Waals surface area contributed by atoms with Crippen LogP contribution in [0.5, 0.6) is 0 Å². The smallest absolute Gasteiger partial charge is 0.326 e. The van der Waals surface area contributed by atoms with Crippen LogP contribution >= 0.6 is 0 Å². The summed E-state index contributed by atoms with van der Waals surface area (Å²) in [4.78, 5) is 22.3. The van der Waals surface area contributed by atoms with Crippen molar-refractivity contribution >= 4 is 11.9 Å². The molecule has 1 aliphatic rings. The van der Waals surface area contributed by atoms with Crippen LogP contribution in [-0.2, 0) is 9.59 Å². The Labute approximate surface area is 58.4 Å². The average molecular weight is 143 g/mol. The summed E-state index contributed by atoms with van der Waals surface area (Å²) in [7, 11) is 0. The van der Waals surface area contributed by atoms with E-state index < -0.39 is 12.0 Å². The molecule has 0 spiro atoms. The first-order valence-corrected chi connectivity index (χ1v) is 3.19. The van der Waals surface area contributed by atoms with Crippen molar-refractivity contribution in [3.8, 4) is 0 Å². The molecular formula is C6H9NO3. The lowest BCUT2D eigenvalue weighted by Crippen LogP contribution is -2.56. The number of likely N-dealkylation sites (tertiary alicyclic amines) is 1. The number of rotatable bonds is 2. The van der Waals surface area contributed by atoms with E-state index >= 15 is 0 Å². The monoisotopic (exact) mass is 143 g/mol. The van der Waals surface area contributed by atoms with Crippen molar-refractivity contribution in [3.63, 3.8) is 0 Å². The predicted octanol–water partition coefficient (Wildman–Crippen LogP) is -0.308. The van der Waals surface area contributed by atoms with Gasteiger partial charge in [0.05, 0.1) is 6.42 Å². The van der Waals surface area contributed by atoms with Crippen molar-refractivity contribution in [2.24, 2.45) is 0 Å². The van der Waals surface area contributed by atoms with Gasteiger partial charge in [0.25, 0.3) is 0 Å². The quantitative estimate of drug-likeness (QED) is 0.539. The molecule has 1 amide bonds. The van der Waals surface area contributed by atoms with E-state index in [1.807, 2.05) is 0 Å². The van der Waals surface area contributed by atoms with Gasteiger partial charge in [0.2, 0.25) is 5.91 Å². The maximum Gasteiger partial charge on any atom is 0.326 e. The molecule has 1 fully saturated rings. The summed E-state index contributed by atoms with van der Waals surface area (Å²) in [5.41, 5.74) is 0. The number of likely N-dealkylation sites (N-methyl/N-ethyl adjacent to an activating group) is 1. The van der Waals surface area contributed by atoms with Gasteiger partial charge in [-0.25, -0.2) is 4.79 Å². The number of nitrogens with zero attached hydrogens (tertiary/aromatic N) is 1. The molecule has 4 nitrogen and oxygen atoms in total. The highest BCUT2D eigenvalue weighted by atomic mass is 16.4. The Bertz CT molecular complexity index is 170. The molecule has 4 heteroatoms. The van der Waals surface area contributed by atoms with E-state index in [9.17, 15) is 9.59 Å². The number of carboxylic acids is 1. The van der Waals surface area contributed by atoms with Crippen LogP contribution in [0.25, 0.3) is 0 Å². The second-order valence-electron chi connectivity index (χ2n) is 2.24. The van der Waals surface area contributed by atoms with Gasteiger partial charge in [-0.1, -0.05) is 0 Å². The van der Waals surface area contributed by atoms with Crippen molar-refractivity contribution in [1.82, 2.24) is 4.90 Å². The number of carboxylic acid groups (broad SMARTS) is 1. The molecule has 10 heavy (non-hydrogen) atoms. The summed E-state index contributed by atoms with van der Waals surface area (Å²) in [6.07, 6.45) is 0.170. The minimum absolute atomic E-state index is 0.0603. The lowest BCUT2D eigenvalue weighted by molar-refractivity contribution is -0.161. The molecule has 56 valence electrons. The van der Waals surface area contributed by atoms with Crippen LogP contribution in [0.15, 0.2) is 0 Å². The van der Waals surface area contributed by atoms with E-state index in [2.05, 4.69) is 0 Å². The third-order valence-corrected chi connectivity index (χ3v) is 1.69. The SMILES string of the molecule is CCN1C(=O)C[C@@H]1C(=O)O. The predicted molar refractivity (Wildman–Crippen MR) is 33.4 cm³/mol. The number of carbonyl (C=O) groups is 2. The first kappa shape index (κ1) is 7.05. The maximum atomic E-state index is 10.6. The number of aliphatic carboxylic acids is 1. The molecule has 1 N–H and O–H groups in total. The van der Waals surface area contributed by atoms with Crippen molar-refractivity contribution in [2.75, 3.05) is 6.54 Å². The summed E-state index contributed by atoms with van der Waals surface area (Å²) in [5.74, 6) is -0.962. The van der Waals surface area contributed by atoms with E-state index in [0.717, 1.165) is 0 Å². The van der Waals surface area contributed by atoms with Gasteiger partial charge < -0.3 is 10.0 Å². The molecule has 0 saturated carbocycles. The van der Waals surface area contributed by atoms with Crippen LogP contribution in [-0.4, -0.2) is 34.5 Å². The molecule has 0 bridgehead atoms. The topological polar surface area (TPSA) is 57.6 Å². The average Bonchev–Trinajstić information content (AvgIpc) is 1.83. The summed E-state index contributed by atoms with van der Waals surface area (Å²) < 4.78 is 0. The molecule has 0 aliphatic carbocycles. The fourth-order valence-corrected chi connectivity index (χ4v) is 1.07. The number of carbonyl (C=O) groups excluding carboxylic acids is 1. The Morgan fingerprint density at radius 1 is 1.90 bits per heavy atom. The van der Waals surface area contributed by atoms with Crippen molar-refractivity contribution in [2.45, 2.75) is 19.4 Å². The van der Waals surface area contributed by atoms with Crippen molar-refractivity contribution in [3.05, 3.63) is 0 Å². The zero-order valence-corrected chi connectivity index (χ0v) is 5.70. The Kier molecular flexibility index (Phi) is 1.61. The lowest BCUT2D eigenvalue weighted by atomic mass is 10.0. The molecule has 1 saturated heterocycles. The number of β-lactam (4-membered cyclic amide) rings is 1. The summed E-state index contributed by atoms with van der Waals surface area (Å²) in [5, 5.41) is 8.46. The minimum atomic E-state index is -0.901. The lowest BCUT2D eigenvalue weighted by Gasteiger charge is -2.36. The van der Waals surface area contributed by atoms with E-state index in [0.29, 0.717) is 6.54 Å². The first-order valence-electron chi connectivity index (χ1n) is 3.19. The zero-order chi connectivity index (χ0) is 7.72. The third kappa shape index (κ3) is 0.853. The second-order valence-corrected chi connectivity index (χ2v) is 2.24. The fraction of sp³-hybridized carbons (Fsp3) is 0.667. The standard InChI is InChI=1S/C6H9NO3/c1-2-7-4(6(9)10)3-5(7)8/h4H,2-3H2,1H3,(H,9,10)/t4-/m1/s1. The van der Waals surface area contributed by atoms with Gasteiger partial charge in [0.1, 0.15) is 6.04 Å². The Hall–Kier alpha value is -1.06. The third-order valence-electron chi connectivity index (χ3n) is 1.69. The van der Waals surface area contributed by atoms with Gasteiger partial charge in [-0.05, 0) is 6.92 Å². The van der Waals surface area contributed by atoms with Crippen LogP contribution in [0.1, 0.15) is 13.3 Å². The second kappa shape index (κ2) is 2.28. The maximum absolute atomic E-state index is 10.6. The first-order chi connectivity index (χ1) is 4.66. The van der Waals surface area contributed by atoms with Gasteiger partial charge in [0.15, 0.2) is 0 Å². The largest absolute Gasteiger partial charge is 0.480 e. The number of hydrogen-bond donors (Lipinski definition) is 1. The van der Waals surface area contributed by atoms with Gasteiger partial charge in [0, 0.05) is 6.54 Å². The molecule has 1 atom stereocenters. The molecular weight excluding hydrogens is 134 g/mol. The highest BCUT2D eigenvalue weighted by Crippen LogP contribution is 2.17. The summed E-state index contributed by atoms with van der Waals surface area (Å²) in [6, 6.07) is -0.558. The van der Waals surface area contributed by atoms with E-state index in [-0.39, 0.29) is 12.3 Å². The molecule has 0 aromatic heterocycles. The van der Waals surface area contributed by atoms with E-state index in [1.165, 1.54) is 4.90 Å². The van der Waals surface area contributed by atoms with E-state index in [1.54, 1.807) is 6.92 Å². The molecule has 1 aliphatic heterocycles. The zero-order valence-electron chi connectivity index (χ0n) is 5.70. The van der Waals surface area contributed by atoms with Gasteiger partial charge in [-0.3, -0.25) is 4.79 Å². The highest BCUT2D eigenvalue weighted by molar-refractivity contribution is 5.94. The highest BCUT2D eigenvalue weighted by Gasteiger charge is 2.39. The molecule has 0 aromatic rings. The fourth-order valence-electron chi connectivity index (χ4n) is 1.07. The number of amides is 1. The summed E-state index contributed by atoms with van der Waals surface area (Å²) >= 11 is 0. The van der Waals surface area contributed by atoms with Crippen LogP contribution in [0, 0.1) is 0 Å². The van der Waals surface area contributed by atoms with Gasteiger partial charge in [-0.2, -0.15) is 0 Å². The Morgan fingerprint density at radius 2 is 2.50 bits per heavy atom. The molecule has 1 rings (SSSR count). The van der Waals surface area contributed by atoms with Crippen molar-refractivity contribution < 1.29 is 14.7 Å². The molecule has 0 unspecified atom stereocenters. The minimum Gasteiger partial charge on any atom is -0.480 e. The van der Waals surface area contributed by atoms with Crippen LogP contribution in [0.3, 0.4) is 0 Å². The van der Waals surface area contributed by atoms with Crippen LogP contribution < -0.4 is 0 Å². The summed E-state index contributed by atoms with van der Waals surface area (Å²) in [6.45, 7) is 2.27. The number of hydrogen-bond acceptors (Lipinski definition) is 2. The molecule has 0 radical (unpaired) electrons. The van der Waals surface area contributed by atoms with Gasteiger partial charge in [-0.15, -0.1) is 0 Å².